The van der Waals surface area contributed by atoms with Crippen LogP contribution in [0.15, 0.2) is 48.5 Å². The first-order valence-electron chi connectivity index (χ1n) is 7.77. The zero-order chi connectivity index (χ0) is 14.9. The van der Waals surface area contributed by atoms with Gasteiger partial charge >= 0.3 is 0 Å². The normalized spacial score (nSPS) is 15.4. The second kappa shape index (κ2) is 6.67. The maximum absolute atomic E-state index is 5.24. The van der Waals surface area contributed by atoms with Gasteiger partial charge in [-0.1, -0.05) is 42.5 Å². The van der Waals surface area contributed by atoms with Crippen molar-refractivity contribution >= 4 is 28.9 Å². The highest BCUT2D eigenvalue weighted by Gasteiger charge is 2.26. The lowest BCUT2D eigenvalue weighted by Gasteiger charge is -2.26. The van der Waals surface area contributed by atoms with Crippen LogP contribution in [0.5, 0.6) is 5.75 Å². The van der Waals surface area contributed by atoms with E-state index in [-0.39, 0.29) is 17.0 Å². The molecule has 2 aromatic rings. The molecule has 0 unspecified atom stereocenters. The molecule has 2 aliphatic heterocycles. The maximum atomic E-state index is 5.24. The first kappa shape index (κ1) is 15.9. The fraction of sp³-hybridized carbons (Fsp3) is 0.263. The van der Waals surface area contributed by atoms with Gasteiger partial charge in [-0.25, -0.2) is 0 Å². The van der Waals surface area contributed by atoms with Crippen molar-refractivity contribution in [2.24, 2.45) is 0 Å². The Morgan fingerprint density at radius 3 is 2.57 bits per heavy atom. The third kappa shape index (κ3) is 2.95. The van der Waals surface area contributed by atoms with Gasteiger partial charge in [0.25, 0.3) is 0 Å². The predicted molar refractivity (Wildman–Crippen MR) is 98.9 cm³/mol. The van der Waals surface area contributed by atoms with E-state index in [9.17, 15) is 0 Å². The van der Waals surface area contributed by atoms with Gasteiger partial charge in [-0.2, -0.15) is 0 Å². The average Bonchev–Trinajstić information content (AvgIpc) is 2.99. The lowest BCUT2D eigenvalue weighted by Crippen LogP contribution is -2.40. The Balaban J connectivity index is 0.00000156. The molecule has 0 N–H and O–H groups in total. The van der Waals surface area contributed by atoms with Crippen LogP contribution in [0, 0.1) is 0 Å². The minimum Gasteiger partial charge on any atom is -0.497 e. The summed E-state index contributed by atoms with van der Waals surface area (Å²) in [4.78, 5) is 4.97. The minimum absolute atomic E-state index is 0. The molecule has 120 valence electrons. The SMILES string of the molecule is Br.COc1ccc(CN2CCN3CC=c4ccccc4=C32)cc1. The largest absolute Gasteiger partial charge is 0.497 e. The van der Waals surface area contributed by atoms with Crippen molar-refractivity contribution in [3.8, 4) is 5.75 Å². The zero-order valence-electron chi connectivity index (χ0n) is 13.2. The molecule has 4 heteroatoms. The Bertz CT molecular complexity index is 801. The Kier molecular flexibility index (Phi) is 4.62. The van der Waals surface area contributed by atoms with Crippen molar-refractivity contribution in [3.05, 3.63) is 64.5 Å². The molecule has 4 rings (SSSR count). The summed E-state index contributed by atoms with van der Waals surface area (Å²) in [5.74, 6) is 2.30. The average molecular weight is 373 g/mol. The van der Waals surface area contributed by atoms with Crippen LogP contribution in [0.25, 0.3) is 11.9 Å². The van der Waals surface area contributed by atoms with Gasteiger partial charge < -0.3 is 14.5 Å². The molecule has 3 nitrogen and oxygen atoms in total. The highest BCUT2D eigenvalue weighted by molar-refractivity contribution is 8.93. The number of methoxy groups -OCH3 is 1. The second-order valence-corrected chi connectivity index (χ2v) is 5.83. The van der Waals surface area contributed by atoms with E-state index in [0.29, 0.717) is 0 Å². The molecule has 0 aromatic heterocycles. The Hall–Kier alpha value is -1.94. The van der Waals surface area contributed by atoms with E-state index >= 15 is 0 Å². The van der Waals surface area contributed by atoms with Gasteiger partial charge in [-0.15, -0.1) is 17.0 Å². The summed E-state index contributed by atoms with van der Waals surface area (Å²) in [6, 6.07) is 17.1. The summed E-state index contributed by atoms with van der Waals surface area (Å²) in [7, 11) is 1.71. The molecular weight excluding hydrogens is 352 g/mol. The number of hydrogen-bond acceptors (Lipinski definition) is 3. The Labute approximate surface area is 147 Å². The van der Waals surface area contributed by atoms with Crippen molar-refractivity contribution in [1.82, 2.24) is 9.80 Å². The van der Waals surface area contributed by atoms with Crippen LogP contribution in [0.1, 0.15) is 5.56 Å². The van der Waals surface area contributed by atoms with Crippen molar-refractivity contribution < 1.29 is 4.74 Å². The van der Waals surface area contributed by atoms with Crippen LogP contribution < -0.4 is 15.2 Å². The van der Waals surface area contributed by atoms with Gasteiger partial charge in [0.2, 0.25) is 0 Å². The maximum Gasteiger partial charge on any atom is 0.118 e. The summed E-state index contributed by atoms with van der Waals surface area (Å²) < 4.78 is 5.24. The quantitative estimate of drug-likeness (QED) is 0.818. The van der Waals surface area contributed by atoms with Crippen LogP contribution in [0.2, 0.25) is 0 Å². The monoisotopic (exact) mass is 372 g/mol. The van der Waals surface area contributed by atoms with Crippen LogP contribution in [-0.4, -0.2) is 36.5 Å². The van der Waals surface area contributed by atoms with E-state index in [4.69, 9.17) is 4.74 Å². The number of ether oxygens (including phenoxy) is 1. The number of fused-ring (bicyclic) bond motifs is 2. The molecule has 2 heterocycles. The van der Waals surface area contributed by atoms with Crippen molar-refractivity contribution in [2.45, 2.75) is 6.54 Å². The molecule has 0 atom stereocenters. The van der Waals surface area contributed by atoms with E-state index in [1.165, 1.54) is 21.8 Å². The summed E-state index contributed by atoms with van der Waals surface area (Å²) in [5, 5.41) is 2.72. The molecule has 0 bridgehead atoms. The lowest BCUT2D eigenvalue weighted by molar-refractivity contribution is 0.411. The van der Waals surface area contributed by atoms with Crippen molar-refractivity contribution in [2.75, 3.05) is 26.7 Å². The molecule has 23 heavy (non-hydrogen) atoms. The topological polar surface area (TPSA) is 15.7 Å². The highest BCUT2D eigenvalue weighted by atomic mass is 79.9. The van der Waals surface area contributed by atoms with Crippen LogP contribution in [0.3, 0.4) is 0 Å². The fourth-order valence-corrected chi connectivity index (χ4v) is 3.36. The minimum atomic E-state index is 0. The highest BCUT2D eigenvalue weighted by Crippen LogP contribution is 2.23. The van der Waals surface area contributed by atoms with Crippen LogP contribution >= 0.6 is 17.0 Å². The number of benzene rings is 2. The van der Waals surface area contributed by atoms with Gasteiger partial charge in [0.15, 0.2) is 0 Å². The molecule has 0 aliphatic carbocycles. The van der Waals surface area contributed by atoms with E-state index in [2.05, 4.69) is 52.3 Å². The molecule has 2 aliphatic rings. The van der Waals surface area contributed by atoms with Gasteiger partial charge in [0.05, 0.1) is 7.11 Å². The van der Waals surface area contributed by atoms with Gasteiger partial charge in [-0.3, -0.25) is 0 Å². The molecule has 0 amide bonds. The van der Waals surface area contributed by atoms with Crippen molar-refractivity contribution in [1.29, 1.82) is 0 Å². The van der Waals surface area contributed by atoms with E-state index in [1.54, 1.807) is 7.11 Å². The van der Waals surface area contributed by atoms with E-state index in [0.717, 1.165) is 31.9 Å². The molecule has 1 fully saturated rings. The summed E-state index contributed by atoms with van der Waals surface area (Å²) in [5.41, 5.74) is 1.32. The van der Waals surface area contributed by atoms with Gasteiger partial charge in [0, 0.05) is 31.4 Å². The molecule has 0 spiro atoms. The molecule has 1 saturated heterocycles. The van der Waals surface area contributed by atoms with Gasteiger partial charge in [-0.05, 0) is 22.9 Å². The molecule has 0 radical (unpaired) electrons. The standard InChI is InChI=1S/C19H20N2O.BrH/c1-22-17-8-6-15(7-9-17)14-21-13-12-20-11-10-16-4-2-3-5-18(16)19(20)21;/h2-10H,11-14H2,1H3;1H. The zero-order valence-corrected chi connectivity index (χ0v) is 14.9. The van der Waals surface area contributed by atoms with Gasteiger partial charge in [0.1, 0.15) is 11.6 Å². The number of nitrogens with zero attached hydrogens (tertiary/aromatic N) is 2. The summed E-state index contributed by atoms with van der Waals surface area (Å²) in [6.07, 6.45) is 2.33. The Morgan fingerprint density at radius 1 is 1.00 bits per heavy atom. The van der Waals surface area contributed by atoms with Crippen LogP contribution in [0.4, 0.5) is 0 Å². The van der Waals surface area contributed by atoms with E-state index < -0.39 is 0 Å². The Morgan fingerprint density at radius 2 is 1.78 bits per heavy atom. The lowest BCUT2D eigenvalue weighted by atomic mass is 10.1. The van der Waals surface area contributed by atoms with Crippen LogP contribution in [-0.2, 0) is 6.54 Å². The first-order chi connectivity index (χ1) is 10.8. The number of halogens is 1. The second-order valence-electron chi connectivity index (χ2n) is 5.83. The number of rotatable bonds is 3. The number of hydrogen-bond donors (Lipinski definition) is 0. The first-order valence-corrected chi connectivity index (χ1v) is 7.77. The summed E-state index contributed by atoms with van der Waals surface area (Å²) >= 11 is 0. The smallest absolute Gasteiger partial charge is 0.118 e. The molecular formula is C19H21BrN2O. The third-order valence-electron chi connectivity index (χ3n) is 4.50. The summed E-state index contributed by atoms with van der Waals surface area (Å²) in [6.45, 7) is 4.16. The third-order valence-corrected chi connectivity index (χ3v) is 4.50. The fourth-order valence-electron chi connectivity index (χ4n) is 3.36. The van der Waals surface area contributed by atoms with E-state index in [1.807, 2.05) is 12.1 Å². The molecule has 2 aromatic carbocycles. The predicted octanol–water partition coefficient (Wildman–Crippen LogP) is 1.95. The molecule has 0 saturated carbocycles. The van der Waals surface area contributed by atoms with Crippen molar-refractivity contribution in [3.63, 3.8) is 0 Å².